The van der Waals surface area contributed by atoms with Gasteiger partial charge in [-0.1, -0.05) is 18.2 Å². The lowest BCUT2D eigenvalue weighted by Crippen LogP contribution is -2.00. The Morgan fingerprint density at radius 3 is 2.84 bits per heavy atom. The van der Waals surface area contributed by atoms with Gasteiger partial charge in [0.05, 0.1) is 16.8 Å². The number of aryl methyl sites for hydroxylation is 1. The zero-order valence-corrected chi connectivity index (χ0v) is 11.1. The van der Waals surface area contributed by atoms with Crippen molar-refractivity contribution in [3.8, 4) is 11.3 Å². The minimum atomic E-state index is -0.922. The number of thiophene rings is 1. The Morgan fingerprint density at radius 1 is 1.32 bits per heavy atom. The summed E-state index contributed by atoms with van der Waals surface area (Å²) in [6, 6.07) is 9.19. The second-order valence-electron chi connectivity index (χ2n) is 4.34. The van der Waals surface area contributed by atoms with Crippen molar-refractivity contribution in [2.24, 2.45) is 0 Å². The molecule has 2 aromatic heterocycles. The maximum absolute atomic E-state index is 11.4. The van der Waals surface area contributed by atoms with Crippen molar-refractivity contribution < 1.29 is 9.90 Å². The molecular weight excluding hydrogens is 258 g/mol. The number of nitrogens with zero attached hydrogens (tertiary/aromatic N) is 1. The smallest absolute Gasteiger partial charge is 0.336 e. The number of aromatic carboxylic acids is 1. The van der Waals surface area contributed by atoms with E-state index in [2.05, 4.69) is 4.98 Å². The van der Waals surface area contributed by atoms with Crippen molar-refractivity contribution in [2.45, 2.75) is 6.92 Å². The molecule has 0 radical (unpaired) electrons. The minimum absolute atomic E-state index is 0.301. The average molecular weight is 269 g/mol. The highest BCUT2D eigenvalue weighted by Crippen LogP contribution is 2.27. The second kappa shape index (κ2) is 4.48. The first-order valence-electron chi connectivity index (χ1n) is 5.83. The van der Waals surface area contributed by atoms with Gasteiger partial charge in [-0.05, 0) is 30.0 Å². The van der Waals surface area contributed by atoms with Crippen LogP contribution in [0.15, 0.2) is 41.1 Å². The van der Waals surface area contributed by atoms with E-state index in [1.807, 2.05) is 35.9 Å². The summed E-state index contributed by atoms with van der Waals surface area (Å²) in [6.45, 7) is 1.94. The number of fused-ring (bicyclic) bond motifs is 1. The van der Waals surface area contributed by atoms with Crippen molar-refractivity contribution in [3.63, 3.8) is 0 Å². The lowest BCUT2D eigenvalue weighted by molar-refractivity contribution is 0.0699. The molecule has 3 aromatic rings. The number of hydrogen-bond donors (Lipinski definition) is 1. The standard InChI is InChI=1S/C15H11NO2S/c1-9-3-2-4-11-12(15(17)18)7-13(16-14(9)11)10-5-6-19-8-10/h2-8H,1H3,(H,17,18). The van der Waals surface area contributed by atoms with Gasteiger partial charge in [-0.15, -0.1) is 0 Å². The van der Waals surface area contributed by atoms with E-state index in [0.29, 0.717) is 16.6 Å². The van der Waals surface area contributed by atoms with Crippen molar-refractivity contribution in [2.75, 3.05) is 0 Å². The summed E-state index contributed by atoms with van der Waals surface area (Å²) in [7, 11) is 0. The first-order chi connectivity index (χ1) is 9.16. The predicted molar refractivity (Wildman–Crippen MR) is 76.8 cm³/mol. The molecule has 0 amide bonds. The van der Waals surface area contributed by atoms with Crippen LogP contribution >= 0.6 is 11.3 Å². The van der Waals surface area contributed by atoms with Gasteiger partial charge >= 0.3 is 5.97 Å². The van der Waals surface area contributed by atoms with E-state index < -0.39 is 5.97 Å². The topological polar surface area (TPSA) is 50.2 Å². The Labute approximate surface area is 114 Å². The molecule has 0 aliphatic carbocycles. The number of hydrogen-bond acceptors (Lipinski definition) is 3. The first-order valence-corrected chi connectivity index (χ1v) is 6.77. The van der Waals surface area contributed by atoms with Crippen LogP contribution in [0.4, 0.5) is 0 Å². The Bertz CT molecular complexity index is 763. The zero-order chi connectivity index (χ0) is 13.4. The second-order valence-corrected chi connectivity index (χ2v) is 5.12. The molecule has 0 fully saturated rings. The molecule has 3 nitrogen and oxygen atoms in total. The number of para-hydroxylation sites is 1. The summed E-state index contributed by atoms with van der Waals surface area (Å²) in [5, 5.41) is 14.0. The third-order valence-electron chi connectivity index (χ3n) is 3.09. The molecule has 0 saturated heterocycles. The number of benzene rings is 1. The number of aromatic nitrogens is 1. The molecule has 0 unspecified atom stereocenters. The fourth-order valence-electron chi connectivity index (χ4n) is 2.13. The van der Waals surface area contributed by atoms with E-state index in [0.717, 1.165) is 16.6 Å². The normalized spacial score (nSPS) is 10.8. The van der Waals surface area contributed by atoms with E-state index >= 15 is 0 Å². The van der Waals surface area contributed by atoms with Crippen LogP contribution < -0.4 is 0 Å². The van der Waals surface area contributed by atoms with Crippen molar-refractivity contribution in [3.05, 3.63) is 52.2 Å². The van der Waals surface area contributed by atoms with E-state index in [-0.39, 0.29) is 0 Å². The maximum Gasteiger partial charge on any atom is 0.336 e. The number of rotatable bonds is 2. The van der Waals surface area contributed by atoms with Crippen LogP contribution in [0, 0.1) is 6.92 Å². The van der Waals surface area contributed by atoms with Crippen molar-refractivity contribution in [1.29, 1.82) is 0 Å². The van der Waals surface area contributed by atoms with Crippen molar-refractivity contribution in [1.82, 2.24) is 4.98 Å². The number of carboxylic acid groups (broad SMARTS) is 1. The van der Waals surface area contributed by atoms with Crippen LogP contribution in [0.5, 0.6) is 0 Å². The molecule has 0 atom stereocenters. The molecule has 1 N–H and O–H groups in total. The summed E-state index contributed by atoms with van der Waals surface area (Å²) in [5.74, 6) is -0.922. The van der Waals surface area contributed by atoms with Crippen LogP contribution in [-0.4, -0.2) is 16.1 Å². The molecule has 0 saturated carbocycles. The first kappa shape index (κ1) is 11.9. The Morgan fingerprint density at radius 2 is 2.16 bits per heavy atom. The van der Waals surface area contributed by atoms with Crippen LogP contribution in [-0.2, 0) is 0 Å². The number of pyridine rings is 1. The number of carboxylic acids is 1. The van der Waals surface area contributed by atoms with Gasteiger partial charge in [0.15, 0.2) is 0 Å². The number of carbonyl (C=O) groups is 1. The highest BCUT2D eigenvalue weighted by atomic mass is 32.1. The van der Waals surface area contributed by atoms with Gasteiger partial charge in [-0.25, -0.2) is 9.78 Å². The van der Waals surface area contributed by atoms with E-state index in [1.54, 1.807) is 23.5 Å². The van der Waals surface area contributed by atoms with Crippen LogP contribution in [0.3, 0.4) is 0 Å². The molecule has 0 aliphatic rings. The molecule has 3 rings (SSSR count). The van der Waals surface area contributed by atoms with Crippen LogP contribution in [0.1, 0.15) is 15.9 Å². The van der Waals surface area contributed by atoms with Gasteiger partial charge < -0.3 is 5.11 Å². The molecule has 0 bridgehead atoms. The van der Waals surface area contributed by atoms with Gasteiger partial charge in [-0.3, -0.25) is 0 Å². The summed E-state index contributed by atoms with van der Waals surface area (Å²) in [4.78, 5) is 16.0. The van der Waals surface area contributed by atoms with Crippen LogP contribution in [0.2, 0.25) is 0 Å². The zero-order valence-electron chi connectivity index (χ0n) is 10.3. The minimum Gasteiger partial charge on any atom is -0.478 e. The van der Waals surface area contributed by atoms with E-state index in [1.165, 1.54) is 0 Å². The summed E-state index contributed by atoms with van der Waals surface area (Å²) < 4.78 is 0. The van der Waals surface area contributed by atoms with Gasteiger partial charge in [0.1, 0.15) is 0 Å². The van der Waals surface area contributed by atoms with Gasteiger partial charge in [0.25, 0.3) is 0 Å². The average Bonchev–Trinajstić information content (AvgIpc) is 2.92. The highest BCUT2D eigenvalue weighted by molar-refractivity contribution is 7.08. The molecule has 94 valence electrons. The molecule has 2 heterocycles. The van der Waals surface area contributed by atoms with Crippen molar-refractivity contribution >= 4 is 28.2 Å². The Kier molecular flexibility index (Phi) is 2.80. The third kappa shape index (κ3) is 2.00. The van der Waals surface area contributed by atoms with Gasteiger partial charge in [0.2, 0.25) is 0 Å². The Hall–Kier alpha value is -2.20. The van der Waals surface area contributed by atoms with E-state index in [9.17, 15) is 9.90 Å². The molecular formula is C15H11NO2S. The molecule has 1 aromatic carbocycles. The van der Waals surface area contributed by atoms with E-state index in [4.69, 9.17) is 0 Å². The fourth-order valence-corrected chi connectivity index (χ4v) is 2.78. The largest absolute Gasteiger partial charge is 0.478 e. The maximum atomic E-state index is 11.4. The molecule has 19 heavy (non-hydrogen) atoms. The predicted octanol–water partition coefficient (Wildman–Crippen LogP) is 3.97. The lowest BCUT2D eigenvalue weighted by atomic mass is 10.0. The Balaban J connectivity index is 2.38. The molecule has 4 heteroatoms. The monoisotopic (exact) mass is 269 g/mol. The summed E-state index contributed by atoms with van der Waals surface area (Å²) in [5.41, 5.74) is 3.70. The quantitative estimate of drug-likeness (QED) is 0.765. The third-order valence-corrected chi connectivity index (χ3v) is 3.77. The molecule has 0 aliphatic heterocycles. The SMILES string of the molecule is Cc1cccc2c(C(=O)O)cc(-c3ccsc3)nc12. The van der Waals surface area contributed by atoms with Crippen LogP contribution in [0.25, 0.3) is 22.2 Å². The van der Waals surface area contributed by atoms with Gasteiger partial charge in [0, 0.05) is 16.3 Å². The summed E-state index contributed by atoms with van der Waals surface area (Å²) >= 11 is 1.57. The fraction of sp³-hybridized carbons (Fsp3) is 0.0667. The summed E-state index contributed by atoms with van der Waals surface area (Å²) in [6.07, 6.45) is 0. The molecule has 0 spiro atoms. The van der Waals surface area contributed by atoms with Gasteiger partial charge in [-0.2, -0.15) is 11.3 Å². The lowest BCUT2D eigenvalue weighted by Gasteiger charge is -2.07. The highest BCUT2D eigenvalue weighted by Gasteiger charge is 2.13.